The standard InChI is InChI=1S/C12H13Br2N3O/c1-12(2,3)11-16-10(18-17-11)7-4-6(13)5-8(14)9(7)15/h4-5H,15H2,1-3H3. The Labute approximate surface area is 122 Å². The molecule has 0 unspecified atom stereocenters. The highest BCUT2D eigenvalue weighted by Gasteiger charge is 2.22. The lowest BCUT2D eigenvalue weighted by Crippen LogP contribution is -2.13. The smallest absolute Gasteiger partial charge is 0.260 e. The molecule has 1 aromatic carbocycles. The fourth-order valence-corrected chi connectivity index (χ4v) is 2.62. The monoisotopic (exact) mass is 373 g/mol. The van der Waals surface area contributed by atoms with Crippen LogP contribution in [0.1, 0.15) is 26.6 Å². The van der Waals surface area contributed by atoms with Gasteiger partial charge < -0.3 is 10.3 Å². The van der Waals surface area contributed by atoms with Gasteiger partial charge in [0.25, 0.3) is 5.89 Å². The van der Waals surface area contributed by atoms with Gasteiger partial charge in [0.05, 0.1) is 11.3 Å². The van der Waals surface area contributed by atoms with E-state index < -0.39 is 0 Å². The highest BCUT2D eigenvalue weighted by molar-refractivity contribution is 9.11. The Hall–Kier alpha value is -0.880. The third kappa shape index (κ3) is 2.59. The minimum Gasteiger partial charge on any atom is -0.397 e. The largest absolute Gasteiger partial charge is 0.397 e. The lowest BCUT2D eigenvalue weighted by atomic mass is 9.96. The average Bonchev–Trinajstić information content (AvgIpc) is 2.71. The van der Waals surface area contributed by atoms with Crippen LogP contribution in [0.15, 0.2) is 25.6 Å². The number of nitrogens with zero attached hydrogens (tertiary/aromatic N) is 2. The SMILES string of the molecule is CC(C)(C)c1noc(-c2cc(Br)cc(Br)c2N)n1. The molecular weight excluding hydrogens is 362 g/mol. The molecule has 96 valence electrons. The maximum Gasteiger partial charge on any atom is 0.260 e. The van der Waals surface area contributed by atoms with Crippen molar-refractivity contribution < 1.29 is 4.52 Å². The van der Waals surface area contributed by atoms with Gasteiger partial charge in [-0.3, -0.25) is 0 Å². The van der Waals surface area contributed by atoms with E-state index in [1.54, 1.807) is 0 Å². The van der Waals surface area contributed by atoms with Gasteiger partial charge in [0, 0.05) is 14.4 Å². The van der Waals surface area contributed by atoms with Gasteiger partial charge in [-0.25, -0.2) is 0 Å². The van der Waals surface area contributed by atoms with E-state index in [-0.39, 0.29) is 5.41 Å². The number of nitrogen functional groups attached to an aromatic ring is 1. The summed E-state index contributed by atoms with van der Waals surface area (Å²) in [5.41, 5.74) is 7.16. The van der Waals surface area contributed by atoms with Crippen molar-refractivity contribution in [2.24, 2.45) is 0 Å². The molecule has 0 bridgehead atoms. The molecule has 0 aliphatic rings. The van der Waals surface area contributed by atoms with Crippen LogP contribution < -0.4 is 5.73 Å². The molecule has 0 fully saturated rings. The Balaban J connectivity index is 2.53. The van der Waals surface area contributed by atoms with E-state index in [0.717, 1.165) is 14.5 Å². The molecule has 6 heteroatoms. The predicted molar refractivity (Wildman–Crippen MR) is 78.2 cm³/mol. The number of anilines is 1. The van der Waals surface area contributed by atoms with Gasteiger partial charge in [0.1, 0.15) is 0 Å². The maximum absolute atomic E-state index is 6.01. The quantitative estimate of drug-likeness (QED) is 0.761. The van der Waals surface area contributed by atoms with Crippen LogP contribution in [-0.2, 0) is 5.41 Å². The number of benzene rings is 1. The van der Waals surface area contributed by atoms with Crippen molar-refractivity contribution in [3.05, 3.63) is 26.9 Å². The molecular formula is C12H13Br2N3O. The van der Waals surface area contributed by atoms with Crippen LogP contribution in [0, 0.1) is 0 Å². The first-order chi connectivity index (χ1) is 8.29. The number of nitrogens with two attached hydrogens (primary N) is 1. The third-order valence-electron chi connectivity index (χ3n) is 2.42. The minimum atomic E-state index is -0.153. The number of hydrogen-bond donors (Lipinski definition) is 1. The molecule has 0 saturated carbocycles. The average molecular weight is 375 g/mol. The van der Waals surface area contributed by atoms with Crippen LogP contribution in [-0.4, -0.2) is 10.1 Å². The van der Waals surface area contributed by atoms with Gasteiger partial charge in [0.2, 0.25) is 0 Å². The summed E-state index contributed by atoms with van der Waals surface area (Å²) in [5, 5.41) is 3.99. The molecule has 1 heterocycles. The van der Waals surface area contributed by atoms with Gasteiger partial charge in [0.15, 0.2) is 5.82 Å². The Morgan fingerprint density at radius 1 is 1.22 bits per heavy atom. The summed E-state index contributed by atoms with van der Waals surface area (Å²) in [5.74, 6) is 1.09. The highest BCUT2D eigenvalue weighted by atomic mass is 79.9. The molecule has 4 nitrogen and oxygen atoms in total. The summed E-state index contributed by atoms with van der Waals surface area (Å²) >= 11 is 6.81. The van der Waals surface area contributed by atoms with Crippen molar-refractivity contribution in [1.82, 2.24) is 10.1 Å². The molecule has 0 aliphatic heterocycles. The predicted octanol–water partition coefficient (Wildman–Crippen LogP) is 4.14. The van der Waals surface area contributed by atoms with Crippen molar-refractivity contribution >= 4 is 37.5 Å². The van der Waals surface area contributed by atoms with E-state index in [0.29, 0.717) is 17.4 Å². The van der Waals surface area contributed by atoms with Gasteiger partial charge in [-0.2, -0.15) is 4.98 Å². The van der Waals surface area contributed by atoms with Gasteiger partial charge >= 0.3 is 0 Å². The molecule has 2 aromatic rings. The zero-order chi connectivity index (χ0) is 13.5. The molecule has 0 radical (unpaired) electrons. The maximum atomic E-state index is 6.01. The zero-order valence-corrected chi connectivity index (χ0v) is 13.5. The first-order valence-corrected chi connectivity index (χ1v) is 6.96. The Kier molecular flexibility index (Phi) is 3.51. The number of rotatable bonds is 1. The summed E-state index contributed by atoms with van der Waals surface area (Å²) in [6, 6.07) is 3.74. The Bertz CT molecular complexity index is 587. The molecule has 0 amide bonds. The van der Waals surface area contributed by atoms with Crippen molar-refractivity contribution in [3.63, 3.8) is 0 Å². The van der Waals surface area contributed by atoms with E-state index >= 15 is 0 Å². The number of halogens is 2. The molecule has 18 heavy (non-hydrogen) atoms. The van der Waals surface area contributed by atoms with Gasteiger partial charge in [-0.15, -0.1) is 0 Å². The van der Waals surface area contributed by atoms with Crippen LogP contribution in [0.3, 0.4) is 0 Å². The minimum absolute atomic E-state index is 0.153. The summed E-state index contributed by atoms with van der Waals surface area (Å²) < 4.78 is 6.98. The summed E-state index contributed by atoms with van der Waals surface area (Å²) in [6.07, 6.45) is 0. The second-order valence-corrected chi connectivity index (χ2v) is 6.79. The van der Waals surface area contributed by atoms with Gasteiger partial charge in [-0.1, -0.05) is 41.9 Å². The Morgan fingerprint density at radius 2 is 1.89 bits per heavy atom. The van der Waals surface area contributed by atoms with Crippen LogP contribution in [0.4, 0.5) is 5.69 Å². The molecule has 0 spiro atoms. The van der Waals surface area contributed by atoms with Crippen molar-refractivity contribution in [2.45, 2.75) is 26.2 Å². The molecule has 2 rings (SSSR count). The van der Waals surface area contributed by atoms with E-state index in [9.17, 15) is 0 Å². The highest BCUT2D eigenvalue weighted by Crippen LogP contribution is 2.35. The molecule has 0 saturated heterocycles. The van der Waals surface area contributed by atoms with E-state index in [2.05, 4.69) is 42.0 Å². The van der Waals surface area contributed by atoms with Crippen molar-refractivity contribution in [1.29, 1.82) is 0 Å². The second kappa shape index (κ2) is 4.66. The molecule has 1 aromatic heterocycles. The fourth-order valence-electron chi connectivity index (χ4n) is 1.40. The van der Waals surface area contributed by atoms with E-state index in [4.69, 9.17) is 10.3 Å². The Morgan fingerprint density at radius 3 is 2.44 bits per heavy atom. The van der Waals surface area contributed by atoms with E-state index in [1.165, 1.54) is 0 Å². The van der Waals surface area contributed by atoms with Crippen LogP contribution in [0.5, 0.6) is 0 Å². The lowest BCUT2D eigenvalue weighted by molar-refractivity contribution is 0.402. The van der Waals surface area contributed by atoms with Crippen molar-refractivity contribution in [3.8, 4) is 11.5 Å². The van der Waals surface area contributed by atoms with Crippen LogP contribution in [0.2, 0.25) is 0 Å². The van der Waals surface area contributed by atoms with Crippen LogP contribution >= 0.6 is 31.9 Å². The molecule has 0 atom stereocenters. The first kappa shape index (κ1) is 13.5. The fraction of sp³-hybridized carbons (Fsp3) is 0.333. The topological polar surface area (TPSA) is 64.9 Å². The normalized spacial score (nSPS) is 11.8. The van der Waals surface area contributed by atoms with Crippen LogP contribution in [0.25, 0.3) is 11.5 Å². The lowest BCUT2D eigenvalue weighted by Gasteiger charge is -2.11. The third-order valence-corrected chi connectivity index (χ3v) is 3.54. The molecule has 2 N–H and O–H groups in total. The number of hydrogen-bond acceptors (Lipinski definition) is 4. The molecule has 0 aliphatic carbocycles. The van der Waals surface area contributed by atoms with Gasteiger partial charge in [-0.05, 0) is 28.1 Å². The van der Waals surface area contributed by atoms with E-state index in [1.807, 2.05) is 32.9 Å². The summed E-state index contributed by atoms with van der Waals surface area (Å²) in [6.45, 7) is 6.09. The summed E-state index contributed by atoms with van der Waals surface area (Å²) in [4.78, 5) is 4.40. The zero-order valence-electron chi connectivity index (χ0n) is 10.3. The number of aromatic nitrogens is 2. The summed E-state index contributed by atoms with van der Waals surface area (Å²) in [7, 11) is 0. The second-order valence-electron chi connectivity index (χ2n) is 5.02. The first-order valence-electron chi connectivity index (χ1n) is 5.38. The van der Waals surface area contributed by atoms with Crippen molar-refractivity contribution in [2.75, 3.05) is 5.73 Å².